The first-order valence-corrected chi connectivity index (χ1v) is 7.23. The van der Waals surface area contributed by atoms with Crippen LogP contribution in [-0.2, 0) is 11.3 Å². The third-order valence-electron chi connectivity index (χ3n) is 3.57. The van der Waals surface area contributed by atoms with E-state index < -0.39 is 0 Å². The number of hydrogen-bond acceptors (Lipinski definition) is 5. The minimum absolute atomic E-state index is 0.0169. The number of ether oxygens (including phenoxy) is 3. The number of carbonyl (C=O) groups is 1. The largest absolute Gasteiger partial charge is 0.483 e. The van der Waals surface area contributed by atoms with Crippen LogP contribution in [0.15, 0.2) is 12.1 Å². The van der Waals surface area contributed by atoms with Crippen LogP contribution >= 0.6 is 0 Å². The molecule has 2 N–H and O–H groups in total. The van der Waals surface area contributed by atoms with Crippen molar-refractivity contribution in [3.63, 3.8) is 0 Å². The molecule has 0 saturated heterocycles. The van der Waals surface area contributed by atoms with E-state index in [2.05, 4.69) is 10.6 Å². The van der Waals surface area contributed by atoms with E-state index in [4.69, 9.17) is 14.2 Å². The molecule has 6 heteroatoms. The van der Waals surface area contributed by atoms with Gasteiger partial charge in [-0.1, -0.05) is 0 Å². The Labute approximate surface area is 123 Å². The van der Waals surface area contributed by atoms with E-state index in [-0.39, 0.29) is 19.3 Å². The quantitative estimate of drug-likeness (QED) is 0.786. The van der Waals surface area contributed by atoms with Gasteiger partial charge in [0.25, 0.3) is 5.91 Å². The van der Waals surface area contributed by atoms with Gasteiger partial charge >= 0.3 is 0 Å². The summed E-state index contributed by atoms with van der Waals surface area (Å²) in [4.78, 5) is 11.7. The van der Waals surface area contributed by atoms with Gasteiger partial charge in [-0.2, -0.15) is 0 Å². The molecule has 3 rings (SSSR count). The summed E-state index contributed by atoms with van der Waals surface area (Å²) in [5, 5.41) is 5.96. The van der Waals surface area contributed by atoms with Gasteiger partial charge in [0.2, 0.25) is 6.79 Å². The van der Waals surface area contributed by atoms with E-state index in [1.165, 1.54) is 12.8 Å². The maximum absolute atomic E-state index is 11.7. The second-order valence-corrected chi connectivity index (χ2v) is 5.38. The Hall–Kier alpha value is -1.95. The number of fused-ring (bicyclic) bond motifs is 1. The van der Waals surface area contributed by atoms with E-state index in [9.17, 15) is 4.79 Å². The van der Waals surface area contributed by atoms with E-state index in [0.717, 1.165) is 12.1 Å². The maximum atomic E-state index is 11.7. The lowest BCUT2D eigenvalue weighted by Gasteiger charge is -2.12. The smallest absolute Gasteiger partial charge is 0.257 e. The topological polar surface area (TPSA) is 68.8 Å². The van der Waals surface area contributed by atoms with Gasteiger partial charge in [-0.3, -0.25) is 4.79 Å². The third-order valence-corrected chi connectivity index (χ3v) is 3.57. The Morgan fingerprint density at radius 1 is 1.33 bits per heavy atom. The van der Waals surface area contributed by atoms with Crippen molar-refractivity contribution in [2.24, 2.45) is 5.92 Å². The molecule has 2 aliphatic rings. The molecule has 0 spiro atoms. The number of carbonyl (C=O) groups excluding carboxylic acids is 1. The van der Waals surface area contributed by atoms with Crippen LogP contribution < -0.4 is 24.8 Å². The summed E-state index contributed by atoms with van der Waals surface area (Å²) in [6, 6.07) is 3.67. The highest BCUT2D eigenvalue weighted by atomic mass is 16.7. The number of amides is 1. The van der Waals surface area contributed by atoms with Crippen molar-refractivity contribution in [3.8, 4) is 17.2 Å². The molecule has 6 nitrogen and oxygen atoms in total. The summed E-state index contributed by atoms with van der Waals surface area (Å²) in [7, 11) is 1.86. The normalized spacial score (nSPS) is 15.9. The monoisotopic (exact) mass is 292 g/mol. The Bertz CT molecular complexity index is 529. The fourth-order valence-electron chi connectivity index (χ4n) is 2.20. The van der Waals surface area contributed by atoms with Gasteiger partial charge < -0.3 is 24.8 Å². The maximum Gasteiger partial charge on any atom is 0.257 e. The van der Waals surface area contributed by atoms with E-state index in [0.29, 0.717) is 29.7 Å². The first-order chi connectivity index (χ1) is 10.3. The fraction of sp³-hybridized carbons (Fsp3) is 0.533. The Balaban J connectivity index is 1.61. The Kier molecular flexibility index (Phi) is 4.15. The van der Waals surface area contributed by atoms with E-state index in [1.54, 1.807) is 6.07 Å². The molecular weight excluding hydrogens is 272 g/mol. The van der Waals surface area contributed by atoms with Crippen molar-refractivity contribution < 1.29 is 19.0 Å². The van der Waals surface area contributed by atoms with Crippen LogP contribution in [0.1, 0.15) is 18.4 Å². The number of nitrogens with one attached hydrogen (secondary N) is 2. The molecule has 0 unspecified atom stereocenters. The predicted octanol–water partition coefficient (Wildman–Crippen LogP) is 1.04. The first-order valence-electron chi connectivity index (χ1n) is 7.23. The Morgan fingerprint density at radius 3 is 2.81 bits per heavy atom. The molecule has 1 aliphatic carbocycles. The van der Waals surface area contributed by atoms with Crippen molar-refractivity contribution in [1.29, 1.82) is 0 Å². The van der Waals surface area contributed by atoms with Crippen LogP contribution in [-0.4, -0.2) is 32.9 Å². The SMILES string of the molecule is CNCc1cc2c(cc1OCC(=O)NCC1CC1)OCO2. The zero-order chi connectivity index (χ0) is 14.7. The molecule has 1 heterocycles. The number of hydrogen-bond donors (Lipinski definition) is 2. The molecule has 1 aromatic carbocycles. The van der Waals surface area contributed by atoms with Gasteiger partial charge in [-0.05, 0) is 31.9 Å². The molecule has 0 atom stereocenters. The van der Waals surface area contributed by atoms with Crippen LogP contribution in [0.3, 0.4) is 0 Å². The predicted molar refractivity (Wildman–Crippen MR) is 76.6 cm³/mol. The molecule has 1 saturated carbocycles. The second kappa shape index (κ2) is 6.22. The van der Waals surface area contributed by atoms with Crippen LogP contribution in [0, 0.1) is 5.92 Å². The van der Waals surface area contributed by atoms with Gasteiger partial charge in [0.15, 0.2) is 18.1 Å². The molecular formula is C15H20N2O4. The minimum atomic E-state index is -0.0880. The van der Waals surface area contributed by atoms with Crippen molar-refractivity contribution in [3.05, 3.63) is 17.7 Å². The summed E-state index contributed by atoms with van der Waals surface area (Å²) < 4.78 is 16.3. The molecule has 1 fully saturated rings. The standard InChI is InChI=1S/C15H20N2O4/c1-16-7-11-4-13-14(21-9-20-13)5-12(11)19-8-15(18)17-6-10-2-3-10/h4-5,10,16H,2-3,6-9H2,1H3,(H,17,18). The molecule has 0 aromatic heterocycles. The number of benzene rings is 1. The lowest BCUT2D eigenvalue weighted by molar-refractivity contribution is -0.123. The summed E-state index contributed by atoms with van der Waals surface area (Å²) >= 11 is 0. The highest BCUT2D eigenvalue weighted by Gasteiger charge is 2.22. The van der Waals surface area contributed by atoms with Crippen molar-refractivity contribution >= 4 is 5.91 Å². The highest BCUT2D eigenvalue weighted by molar-refractivity contribution is 5.77. The van der Waals surface area contributed by atoms with Crippen molar-refractivity contribution in [2.75, 3.05) is 27.0 Å². The van der Waals surface area contributed by atoms with Gasteiger partial charge in [0, 0.05) is 24.7 Å². The zero-order valence-electron chi connectivity index (χ0n) is 12.1. The third kappa shape index (κ3) is 3.58. The fourth-order valence-corrected chi connectivity index (χ4v) is 2.20. The zero-order valence-corrected chi connectivity index (χ0v) is 12.1. The van der Waals surface area contributed by atoms with Gasteiger partial charge in [-0.25, -0.2) is 0 Å². The molecule has 1 aliphatic heterocycles. The summed E-state index contributed by atoms with van der Waals surface area (Å²) in [5.41, 5.74) is 0.941. The molecule has 1 amide bonds. The van der Waals surface area contributed by atoms with E-state index in [1.807, 2.05) is 13.1 Å². The first kappa shape index (κ1) is 14.0. The lowest BCUT2D eigenvalue weighted by atomic mass is 10.1. The molecule has 0 radical (unpaired) electrons. The van der Waals surface area contributed by atoms with Gasteiger partial charge in [0.05, 0.1) is 0 Å². The number of rotatable bonds is 7. The second-order valence-electron chi connectivity index (χ2n) is 5.38. The van der Waals surface area contributed by atoms with Crippen LogP contribution in [0.5, 0.6) is 17.2 Å². The summed E-state index contributed by atoms with van der Waals surface area (Å²) in [5.74, 6) is 2.60. The average Bonchev–Trinajstić information content (AvgIpc) is 3.20. The van der Waals surface area contributed by atoms with Gasteiger partial charge in [0.1, 0.15) is 5.75 Å². The van der Waals surface area contributed by atoms with Crippen molar-refractivity contribution in [2.45, 2.75) is 19.4 Å². The van der Waals surface area contributed by atoms with Crippen LogP contribution in [0.25, 0.3) is 0 Å². The Morgan fingerprint density at radius 2 is 2.10 bits per heavy atom. The van der Waals surface area contributed by atoms with Gasteiger partial charge in [-0.15, -0.1) is 0 Å². The summed E-state index contributed by atoms with van der Waals surface area (Å²) in [6.45, 7) is 1.63. The average molecular weight is 292 g/mol. The molecule has 114 valence electrons. The van der Waals surface area contributed by atoms with Crippen LogP contribution in [0.2, 0.25) is 0 Å². The molecule has 0 bridgehead atoms. The minimum Gasteiger partial charge on any atom is -0.483 e. The lowest BCUT2D eigenvalue weighted by Crippen LogP contribution is -2.30. The molecule has 21 heavy (non-hydrogen) atoms. The summed E-state index contributed by atoms with van der Waals surface area (Å²) in [6.07, 6.45) is 2.44. The van der Waals surface area contributed by atoms with Crippen molar-refractivity contribution in [1.82, 2.24) is 10.6 Å². The van der Waals surface area contributed by atoms with Crippen LogP contribution in [0.4, 0.5) is 0 Å². The van der Waals surface area contributed by atoms with E-state index >= 15 is 0 Å². The highest BCUT2D eigenvalue weighted by Crippen LogP contribution is 2.38. The molecule has 1 aromatic rings.